The summed E-state index contributed by atoms with van der Waals surface area (Å²) in [5.41, 5.74) is 0.770. The normalized spacial score (nSPS) is 21.4. The zero-order valence-corrected chi connectivity index (χ0v) is 11.5. The van der Waals surface area contributed by atoms with E-state index in [1.54, 1.807) is 6.92 Å². The predicted molar refractivity (Wildman–Crippen MR) is 69.8 cm³/mol. The summed E-state index contributed by atoms with van der Waals surface area (Å²) < 4.78 is 18.5. The summed E-state index contributed by atoms with van der Waals surface area (Å²) in [6.07, 6.45) is -0.548. The summed E-state index contributed by atoms with van der Waals surface area (Å²) in [6, 6.07) is 2.48. The Bertz CT molecular complexity index is 573. The first kappa shape index (κ1) is 14.5. The van der Waals surface area contributed by atoms with Crippen molar-refractivity contribution in [3.8, 4) is 0 Å². The molecule has 2 rings (SSSR count). The standard InChI is InChI=1S/C14H16FNO4/c1-7-4-9-5-10(14(19)20-3)11(15)6-12(9)16(8(2)17)13(7)18/h5-7,13,18H,4H2,1-3H3/t7?,13-/m0/s1. The van der Waals surface area contributed by atoms with Crippen LogP contribution in [-0.4, -0.2) is 30.3 Å². The van der Waals surface area contributed by atoms with E-state index < -0.39 is 18.0 Å². The van der Waals surface area contributed by atoms with E-state index in [0.29, 0.717) is 17.7 Å². The van der Waals surface area contributed by atoms with E-state index in [9.17, 15) is 19.1 Å². The zero-order chi connectivity index (χ0) is 15.0. The third-order valence-corrected chi connectivity index (χ3v) is 3.49. The van der Waals surface area contributed by atoms with E-state index in [-0.39, 0.29) is 17.4 Å². The summed E-state index contributed by atoms with van der Waals surface area (Å²) in [5.74, 6) is -2.13. The van der Waals surface area contributed by atoms with Gasteiger partial charge in [0.05, 0.1) is 18.4 Å². The van der Waals surface area contributed by atoms with Crippen molar-refractivity contribution in [2.45, 2.75) is 26.5 Å². The van der Waals surface area contributed by atoms with Crippen molar-refractivity contribution in [2.24, 2.45) is 5.92 Å². The number of hydrogen-bond donors (Lipinski definition) is 1. The number of ether oxygens (including phenoxy) is 1. The van der Waals surface area contributed by atoms with Gasteiger partial charge in [0.25, 0.3) is 0 Å². The van der Waals surface area contributed by atoms with Crippen LogP contribution < -0.4 is 4.90 Å². The van der Waals surface area contributed by atoms with Crippen molar-refractivity contribution in [1.29, 1.82) is 0 Å². The number of nitrogens with zero attached hydrogens (tertiary/aromatic N) is 1. The third kappa shape index (κ3) is 2.27. The molecule has 0 fully saturated rings. The molecular weight excluding hydrogens is 265 g/mol. The Morgan fingerprint density at radius 2 is 2.10 bits per heavy atom. The number of aliphatic hydroxyl groups is 1. The van der Waals surface area contributed by atoms with E-state index >= 15 is 0 Å². The van der Waals surface area contributed by atoms with Crippen LogP contribution in [0.4, 0.5) is 10.1 Å². The molecule has 5 nitrogen and oxygen atoms in total. The number of carbonyl (C=O) groups excluding carboxylic acids is 2. The highest BCUT2D eigenvalue weighted by molar-refractivity contribution is 5.95. The van der Waals surface area contributed by atoms with Crippen LogP contribution in [0.5, 0.6) is 0 Å². The first-order valence-electron chi connectivity index (χ1n) is 6.25. The van der Waals surface area contributed by atoms with Crippen molar-refractivity contribution >= 4 is 17.6 Å². The van der Waals surface area contributed by atoms with Gasteiger partial charge >= 0.3 is 5.97 Å². The number of carbonyl (C=O) groups is 2. The lowest BCUT2D eigenvalue weighted by molar-refractivity contribution is -0.119. The van der Waals surface area contributed by atoms with Gasteiger partial charge < -0.3 is 9.84 Å². The summed E-state index contributed by atoms with van der Waals surface area (Å²) in [6.45, 7) is 3.09. The molecule has 0 bridgehead atoms. The molecule has 1 N–H and O–H groups in total. The third-order valence-electron chi connectivity index (χ3n) is 3.49. The highest BCUT2D eigenvalue weighted by atomic mass is 19.1. The molecule has 20 heavy (non-hydrogen) atoms. The lowest BCUT2D eigenvalue weighted by Crippen LogP contribution is -2.47. The fourth-order valence-corrected chi connectivity index (χ4v) is 2.47. The molecule has 1 amide bonds. The summed E-state index contributed by atoms with van der Waals surface area (Å²) in [7, 11) is 1.18. The molecule has 1 aliphatic heterocycles. The van der Waals surface area contributed by atoms with Gasteiger partial charge in [-0.3, -0.25) is 9.69 Å². The van der Waals surface area contributed by atoms with Gasteiger partial charge in [-0.05, 0) is 24.1 Å². The number of rotatable bonds is 1. The maximum Gasteiger partial charge on any atom is 0.340 e. The number of benzene rings is 1. The second-order valence-corrected chi connectivity index (χ2v) is 4.94. The van der Waals surface area contributed by atoms with E-state index in [2.05, 4.69) is 4.74 Å². The van der Waals surface area contributed by atoms with E-state index in [1.807, 2.05) is 0 Å². The molecule has 0 aromatic heterocycles. The van der Waals surface area contributed by atoms with Crippen molar-refractivity contribution in [2.75, 3.05) is 12.0 Å². The Balaban J connectivity index is 2.58. The summed E-state index contributed by atoms with van der Waals surface area (Å²) in [4.78, 5) is 24.3. The lowest BCUT2D eigenvalue weighted by Gasteiger charge is -2.37. The predicted octanol–water partition coefficient (Wildman–Crippen LogP) is 1.48. The zero-order valence-electron chi connectivity index (χ0n) is 11.5. The number of hydrogen-bond acceptors (Lipinski definition) is 4. The van der Waals surface area contributed by atoms with E-state index in [1.165, 1.54) is 20.1 Å². The van der Waals surface area contributed by atoms with Crippen LogP contribution in [0.15, 0.2) is 12.1 Å². The molecule has 6 heteroatoms. The number of esters is 1. The molecule has 0 aliphatic carbocycles. The maximum absolute atomic E-state index is 14.0. The molecule has 0 radical (unpaired) electrons. The Morgan fingerprint density at radius 3 is 2.65 bits per heavy atom. The van der Waals surface area contributed by atoms with Gasteiger partial charge in [0.15, 0.2) is 0 Å². The monoisotopic (exact) mass is 281 g/mol. The second kappa shape index (κ2) is 5.20. The lowest BCUT2D eigenvalue weighted by atomic mass is 9.90. The Labute approximate surface area is 116 Å². The summed E-state index contributed by atoms with van der Waals surface area (Å²) in [5, 5.41) is 10.1. The SMILES string of the molecule is COC(=O)c1cc2c(cc1F)N(C(C)=O)[C@@H](O)C(C)C2. The Kier molecular flexibility index (Phi) is 3.76. The maximum atomic E-state index is 14.0. The van der Waals surface area contributed by atoms with Gasteiger partial charge in [-0.25, -0.2) is 9.18 Å². The molecular formula is C14H16FNO4. The number of anilines is 1. The Morgan fingerprint density at radius 1 is 1.45 bits per heavy atom. The van der Waals surface area contributed by atoms with Gasteiger partial charge in [-0.1, -0.05) is 6.92 Å². The number of methoxy groups -OCH3 is 1. The molecule has 1 aromatic carbocycles. The average molecular weight is 281 g/mol. The fourth-order valence-electron chi connectivity index (χ4n) is 2.47. The minimum absolute atomic E-state index is 0.168. The molecule has 0 saturated heterocycles. The van der Waals surface area contributed by atoms with Crippen LogP contribution in [0.25, 0.3) is 0 Å². The van der Waals surface area contributed by atoms with Gasteiger partial charge in [-0.15, -0.1) is 0 Å². The molecule has 1 heterocycles. The van der Waals surface area contributed by atoms with Crippen LogP contribution in [0.2, 0.25) is 0 Å². The minimum Gasteiger partial charge on any atom is -0.465 e. The number of halogens is 1. The highest BCUT2D eigenvalue weighted by Gasteiger charge is 2.34. The number of fused-ring (bicyclic) bond motifs is 1. The fraction of sp³-hybridized carbons (Fsp3) is 0.429. The van der Waals surface area contributed by atoms with Crippen molar-refractivity contribution in [3.05, 3.63) is 29.1 Å². The van der Waals surface area contributed by atoms with Crippen LogP contribution >= 0.6 is 0 Å². The van der Waals surface area contributed by atoms with E-state index in [0.717, 1.165) is 11.0 Å². The molecule has 1 aliphatic rings. The quantitative estimate of drug-likeness (QED) is 0.792. The van der Waals surface area contributed by atoms with Gasteiger partial charge in [0, 0.05) is 12.8 Å². The largest absolute Gasteiger partial charge is 0.465 e. The summed E-state index contributed by atoms with van der Waals surface area (Å²) >= 11 is 0. The number of aliphatic hydroxyl groups excluding tert-OH is 1. The molecule has 0 spiro atoms. The molecule has 108 valence electrons. The van der Waals surface area contributed by atoms with Crippen LogP contribution in [-0.2, 0) is 16.0 Å². The van der Waals surface area contributed by atoms with Crippen molar-refractivity contribution in [3.63, 3.8) is 0 Å². The van der Waals surface area contributed by atoms with Crippen LogP contribution in [0.3, 0.4) is 0 Å². The highest BCUT2D eigenvalue weighted by Crippen LogP contribution is 2.35. The van der Waals surface area contributed by atoms with Crippen molar-refractivity contribution in [1.82, 2.24) is 0 Å². The molecule has 2 atom stereocenters. The Hall–Kier alpha value is -1.95. The van der Waals surface area contributed by atoms with Crippen molar-refractivity contribution < 1.29 is 23.8 Å². The minimum atomic E-state index is -0.997. The smallest absolute Gasteiger partial charge is 0.340 e. The van der Waals surface area contributed by atoms with Gasteiger partial charge in [-0.2, -0.15) is 0 Å². The molecule has 1 aromatic rings. The van der Waals surface area contributed by atoms with E-state index in [4.69, 9.17) is 0 Å². The van der Waals surface area contributed by atoms with Crippen LogP contribution in [0.1, 0.15) is 29.8 Å². The topological polar surface area (TPSA) is 66.8 Å². The van der Waals surface area contributed by atoms with Crippen LogP contribution in [0, 0.1) is 11.7 Å². The molecule has 1 unspecified atom stereocenters. The second-order valence-electron chi connectivity index (χ2n) is 4.94. The average Bonchev–Trinajstić information content (AvgIpc) is 2.39. The first-order chi connectivity index (χ1) is 9.36. The van der Waals surface area contributed by atoms with Gasteiger partial charge in [0.1, 0.15) is 12.0 Å². The number of amides is 1. The molecule has 0 saturated carbocycles. The van der Waals surface area contributed by atoms with Gasteiger partial charge in [0.2, 0.25) is 5.91 Å². The first-order valence-corrected chi connectivity index (χ1v) is 6.25.